The van der Waals surface area contributed by atoms with Crippen molar-refractivity contribution in [3.05, 3.63) is 47.0 Å². The van der Waals surface area contributed by atoms with Crippen molar-refractivity contribution in [1.82, 2.24) is 0 Å². The first kappa shape index (κ1) is 28.0. The number of hydrogen-bond donors (Lipinski definition) is 1. The highest BCUT2D eigenvalue weighted by Gasteiger charge is 2.69. The molecule has 0 radical (unpaired) electrons. The predicted octanol–water partition coefficient (Wildman–Crippen LogP) is 7.72. The van der Waals surface area contributed by atoms with E-state index in [4.69, 9.17) is 9.47 Å². The number of fused-ring (bicyclic) bond motifs is 7. The summed E-state index contributed by atoms with van der Waals surface area (Å²) in [5.41, 5.74) is 1.23. The molecule has 40 heavy (non-hydrogen) atoms. The molecule has 5 heteroatoms. The summed E-state index contributed by atoms with van der Waals surface area (Å²) in [5, 5.41) is 11.0. The summed E-state index contributed by atoms with van der Waals surface area (Å²) < 4.78 is 12.6. The Bertz CT molecular complexity index is 1160. The van der Waals surface area contributed by atoms with Crippen molar-refractivity contribution in [1.29, 1.82) is 0 Å². The van der Waals surface area contributed by atoms with Gasteiger partial charge in [0.15, 0.2) is 0 Å². The molecule has 0 amide bonds. The molecule has 1 spiro atoms. The Hall–Kier alpha value is -2.14. The first-order chi connectivity index (χ1) is 19.0. The summed E-state index contributed by atoms with van der Waals surface area (Å²) in [6.07, 6.45) is 11.9. The normalized spacial score (nSPS) is 38.8. The smallest absolute Gasteiger partial charge is 0.342 e. The van der Waals surface area contributed by atoms with Gasteiger partial charge in [-0.05, 0) is 98.5 Å². The Balaban J connectivity index is 1.33. The minimum absolute atomic E-state index is 0.118. The van der Waals surface area contributed by atoms with Gasteiger partial charge in [-0.25, -0.2) is 9.59 Å². The lowest BCUT2D eigenvalue weighted by Crippen LogP contribution is -2.64. The van der Waals surface area contributed by atoms with Crippen molar-refractivity contribution in [3.8, 4) is 0 Å². The molecule has 1 heterocycles. The number of aliphatic hydroxyl groups excluding tert-OH is 1. The number of carbonyl (C=O) groups excluding carboxylic acids is 2. The average molecular weight is 549 g/mol. The molecule has 0 saturated heterocycles. The molecule has 1 aromatic carbocycles. The zero-order valence-corrected chi connectivity index (χ0v) is 25.1. The van der Waals surface area contributed by atoms with Gasteiger partial charge in [0.1, 0.15) is 0 Å². The summed E-state index contributed by atoms with van der Waals surface area (Å²) in [6, 6.07) is 6.75. The molecule has 0 bridgehead atoms. The van der Waals surface area contributed by atoms with E-state index in [0.29, 0.717) is 23.7 Å². The maximum absolute atomic E-state index is 13.5. The summed E-state index contributed by atoms with van der Waals surface area (Å²) in [4.78, 5) is 27.1. The number of aliphatic hydroxyl groups is 1. The molecule has 0 aromatic heterocycles. The number of ether oxygens (including phenoxy) is 2. The maximum atomic E-state index is 13.5. The van der Waals surface area contributed by atoms with Crippen LogP contribution in [0.2, 0.25) is 0 Å². The van der Waals surface area contributed by atoms with Gasteiger partial charge in [-0.15, -0.1) is 0 Å². The number of rotatable bonds is 5. The molecule has 3 saturated carbocycles. The van der Waals surface area contributed by atoms with E-state index in [9.17, 15) is 14.7 Å². The molecular formula is C35H48O5. The van der Waals surface area contributed by atoms with Crippen LogP contribution in [0.15, 0.2) is 35.9 Å². The minimum Gasteiger partial charge on any atom is -0.418 e. The van der Waals surface area contributed by atoms with Crippen LogP contribution in [0.3, 0.4) is 0 Å². The van der Waals surface area contributed by atoms with Crippen molar-refractivity contribution >= 4 is 11.9 Å². The second-order valence-electron chi connectivity index (χ2n) is 14.7. The number of hydrogen-bond acceptors (Lipinski definition) is 5. The lowest BCUT2D eigenvalue weighted by molar-refractivity contribution is -0.275. The highest BCUT2D eigenvalue weighted by atomic mass is 16.7. The molecule has 4 aliphatic carbocycles. The van der Waals surface area contributed by atoms with E-state index in [1.165, 1.54) is 32.1 Å². The Kier molecular flexibility index (Phi) is 7.00. The summed E-state index contributed by atoms with van der Waals surface area (Å²) in [6.45, 7) is 11.9. The van der Waals surface area contributed by atoms with Crippen LogP contribution in [-0.4, -0.2) is 28.9 Å². The molecule has 5 aliphatic rings. The number of carbonyl (C=O) groups is 2. The second kappa shape index (κ2) is 10.00. The molecule has 1 aromatic rings. The maximum Gasteiger partial charge on any atom is 0.342 e. The topological polar surface area (TPSA) is 72.8 Å². The van der Waals surface area contributed by atoms with Crippen LogP contribution in [0, 0.1) is 46.3 Å². The summed E-state index contributed by atoms with van der Waals surface area (Å²) in [7, 11) is 0. The van der Waals surface area contributed by atoms with E-state index in [-0.39, 0.29) is 23.5 Å². The average Bonchev–Trinajstić information content (AvgIpc) is 3.21. The highest BCUT2D eigenvalue weighted by molar-refractivity contribution is 6.04. The zero-order chi connectivity index (χ0) is 28.4. The fraction of sp³-hybridized carbons (Fsp3) is 0.714. The Morgan fingerprint density at radius 2 is 1.62 bits per heavy atom. The SMILES string of the molecule is CC(C)CCC[C@@H](C)[C@H]1CC[C@H]2[C@@H]3CC=C4C[C@H](O)CC5(OC(=O)c6ccccc6C(=O)O5)[C@]4(C)[C@H]3CC[C@]12C. The minimum atomic E-state index is -1.51. The Labute approximate surface area is 240 Å². The van der Waals surface area contributed by atoms with Crippen LogP contribution in [0.25, 0.3) is 0 Å². The molecule has 0 unspecified atom stereocenters. The molecule has 218 valence electrons. The van der Waals surface area contributed by atoms with Gasteiger partial charge in [0.2, 0.25) is 0 Å². The van der Waals surface area contributed by atoms with Crippen LogP contribution < -0.4 is 0 Å². The third-order valence-corrected chi connectivity index (χ3v) is 12.3. The molecule has 1 aliphatic heterocycles. The van der Waals surface area contributed by atoms with Crippen LogP contribution in [0.5, 0.6) is 0 Å². The van der Waals surface area contributed by atoms with Crippen molar-refractivity contribution < 1.29 is 24.2 Å². The molecule has 6 rings (SSSR count). The van der Waals surface area contributed by atoms with E-state index in [0.717, 1.165) is 42.6 Å². The Morgan fingerprint density at radius 1 is 0.950 bits per heavy atom. The first-order valence-electron chi connectivity index (χ1n) is 15.9. The third-order valence-electron chi connectivity index (χ3n) is 12.3. The van der Waals surface area contributed by atoms with E-state index in [1.807, 2.05) is 0 Å². The van der Waals surface area contributed by atoms with Crippen molar-refractivity contribution in [2.75, 3.05) is 0 Å². The zero-order valence-electron chi connectivity index (χ0n) is 25.1. The molecule has 5 nitrogen and oxygen atoms in total. The van der Waals surface area contributed by atoms with Crippen LogP contribution in [0.1, 0.15) is 120 Å². The van der Waals surface area contributed by atoms with E-state index >= 15 is 0 Å². The van der Waals surface area contributed by atoms with Crippen LogP contribution >= 0.6 is 0 Å². The van der Waals surface area contributed by atoms with Crippen LogP contribution in [-0.2, 0) is 9.47 Å². The fourth-order valence-electron chi connectivity index (χ4n) is 10.3. The van der Waals surface area contributed by atoms with Crippen molar-refractivity contribution in [3.63, 3.8) is 0 Å². The Morgan fingerprint density at radius 3 is 2.27 bits per heavy atom. The molecule has 8 atom stereocenters. The first-order valence-corrected chi connectivity index (χ1v) is 15.9. The number of allylic oxidation sites excluding steroid dienone is 1. The fourth-order valence-corrected chi connectivity index (χ4v) is 10.3. The van der Waals surface area contributed by atoms with Gasteiger partial charge >= 0.3 is 11.9 Å². The van der Waals surface area contributed by atoms with Gasteiger partial charge in [-0.2, -0.15) is 0 Å². The summed E-state index contributed by atoms with van der Waals surface area (Å²) in [5.74, 6) is 0.957. The number of benzene rings is 1. The van der Waals surface area contributed by atoms with E-state index < -0.39 is 29.2 Å². The van der Waals surface area contributed by atoms with Crippen molar-refractivity contribution in [2.45, 2.75) is 111 Å². The van der Waals surface area contributed by atoms with E-state index in [1.54, 1.807) is 24.3 Å². The molecule has 1 N–H and O–H groups in total. The monoisotopic (exact) mass is 548 g/mol. The molecule has 3 fully saturated rings. The van der Waals surface area contributed by atoms with Crippen LogP contribution in [0.4, 0.5) is 0 Å². The standard InChI is InChI=1S/C35H48O5/c1-21(2)9-8-10-22(3)28-15-16-29-27-14-13-23-19-24(36)20-35(34(23,5)30(27)17-18-33(28,29)4)39-31(37)25-11-6-7-12-26(25)32(38)40-35/h6-7,11-13,21-22,24,27-30,36H,8-10,14-20H2,1-5H3/t22-,24+,27+,28-,29+,30+,33-,34+/m1/s1. The largest absolute Gasteiger partial charge is 0.418 e. The van der Waals surface area contributed by atoms with Gasteiger partial charge in [0.25, 0.3) is 5.79 Å². The lowest BCUT2D eigenvalue weighted by Gasteiger charge is -2.62. The van der Waals surface area contributed by atoms with Gasteiger partial charge in [-0.3, -0.25) is 0 Å². The summed E-state index contributed by atoms with van der Waals surface area (Å²) >= 11 is 0. The lowest BCUT2D eigenvalue weighted by atomic mass is 9.45. The quantitative estimate of drug-likeness (QED) is 0.301. The third kappa shape index (κ3) is 4.12. The second-order valence-corrected chi connectivity index (χ2v) is 14.7. The van der Waals surface area contributed by atoms with Gasteiger partial charge in [-0.1, -0.05) is 70.7 Å². The van der Waals surface area contributed by atoms with Crippen molar-refractivity contribution in [2.24, 2.45) is 46.3 Å². The predicted molar refractivity (Wildman–Crippen MR) is 154 cm³/mol. The van der Waals surface area contributed by atoms with Gasteiger partial charge < -0.3 is 14.6 Å². The van der Waals surface area contributed by atoms with Gasteiger partial charge in [0, 0.05) is 0 Å². The van der Waals surface area contributed by atoms with E-state index in [2.05, 4.69) is 40.7 Å². The highest BCUT2D eigenvalue weighted by Crippen LogP contribution is 2.69. The number of esters is 2. The molecular weight excluding hydrogens is 500 g/mol. The van der Waals surface area contributed by atoms with Gasteiger partial charge in [0.05, 0.1) is 29.1 Å².